The van der Waals surface area contributed by atoms with Gasteiger partial charge >= 0.3 is 0 Å². The topological polar surface area (TPSA) is 55.1 Å². The van der Waals surface area contributed by atoms with Crippen LogP contribution < -0.4 is 11.1 Å². The predicted octanol–water partition coefficient (Wildman–Crippen LogP) is 3.70. The van der Waals surface area contributed by atoms with Gasteiger partial charge in [-0.2, -0.15) is 0 Å². The maximum Gasteiger partial charge on any atom is 0.238 e. The van der Waals surface area contributed by atoms with Gasteiger partial charge in [0.25, 0.3) is 0 Å². The van der Waals surface area contributed by atoms with Gasteiger partial charge in [0, 0.05) is 20.5 Å². The summed E-state index contributed by atoms with van der Waals surface area (Å²) in [5.74, 6) is -0.199. The molecule has 5 heteroatoms. The molecule has 104 valence electrons. The molecule has 0 spiro atoms. The van der Waals surface area contributed by atoms with E-state index >= 15 is 0 Å². The summed E-state index contributed by atoms with van der Waals surface area (Å²) in [4.78, 5) is 13.5. The first kappa shape index (κ1) is 14.9. The van der Waals surface area contributed by atoms with E-state index in [1.807, 2.05) is 49.4 Å². The molecular formula is C15H15ClN2OS. The van der Waals surface area contributed by atoms with Gasteiger partial charge in [-0.05, 0) is 48.9 Å². The number of amides is 1. The lowest BCUT2D eigenvalue weighted by Crippen LogP contribution is -2.21. The Morgan fingerprint density at radius 3 is 2.80 bits per heavy atom. The number of aryl methyl sites for hydroxylation is 1. The third kappa shape index (κ3) is 4.00. The molecule has 0 heterocycles. The molecule has 0 radical (unpaired) electrons. The normalized spacial score (nSPS) is 10.3. The molecule has 3 N–H and O–H groups in total. The lowest BCUT2D eigenvalue weighted by Gasteiger charge is -2.08. The van der Waals surface area contributed by atoms with Crippen molar-refractivity contribution in [3.8, 4) is 0 Å². The summed E-state index contributed by atoms with van der Waals surface area (Å²) in [6, 6.07) is 13.5. The minimum Gasteiger partial charge on any atom is -0.325 e. The highest BCUT2D eigenvalue weighted by Gasteiger charge is 2.04. The summed E-state index contributed by atoms with van der Waals surface area (Å²) in [6.07, 6.45) is 0. The quantitative estimate of drug-likeness (QED) is 0.905. The van der Waals surface area contributed by atoms with Crippen molar-refractivity contribution >= 4 is 35.0 Å². The zero-order valence-corrected chi connectivity index (χ0v) is 12.6. The van der Waals surface area contributed by atoms with E-state index in [1.54, 1.807) is 11.8 Å². The van der Waals surface area contributed by atoms with Gasteiger partial charge in [-0.15, -0.1) is 0 Å². The van der Waals surface area contributed by atoms with Gasteiger partial charge in [-0.1, -0.05) is 29.4 Å². The smallest absolute Gasteiger partial charge is 0.238 e. The van der Waals surface area contributed by atoms with Gasteiger partial charge in [-0.3, -0.25) is 4.79 Å². The number of carbonyl (C=O) groups excluding carboxylic acids is 1. The highest BCUT2D eigenvalue weighted by Crippen LogP contribution is 2.32. The van der Waals surface area contributed by atoms with E-state index in [9.17, 15) is 4.79 Å². The van der Waals surface area contributed by atoms with Crippen molar-refractivity contribution in [1.29, 1.82) is 0 Å². The van der Waals surface area contributed by atoms with E-state index in [0.717, 1.165) is 26.1 Å². The van der Waals surface area contributed by atoms with Crippen LogP contribution in [0.5, 0.6) is 0 Å². The fourth-order valence-corrected chi connectivity index (χ4v) is 2.87. The number of nitrogens with two attached hydrogens (primary N) is 1. The van der Waals surface area contributed by atoms with Gasteiger partial charge in [0.15, 0.2) is 0 Å². The fraction of sp³-hybridized carbons (Fsp3) is 0.133. The Kier molecular flexibility index (Phi) is 5.06. The van der Waals surface area contributed by atoms with Gasteiger partial charge in [0.05, 0.1) is 6.54 Å². The molecule has 1 amide bonds. The highest BCUT2D eigenvalue weighted by molar-refractivity contribution is 7.99. The van der Waals surface area contributed by atoms with Crippen molar-refractivity contribution < 1.29 is 4.79 Å². The minimum atomic E-state index is -0.199. The number of anilines is 1. The number of carbonyl (C=O) groups is 1. The summed E-state index contributed by atoms with van der Waals surface area (Å²) in [7, 11) is 0. The van der Waals surface area contributed by atoms with Crippen molar-refractivity contribution in [2.45, 2.75) is 16.7 Å². The third-order valence-electron chi connectivity index (χ3n) is 2.67. The molecule has 20 heavy (non-hydrogen) atoms. The van der Waals surface area contributed by atoms with Crippen LogP contribution in [0.1, 0.15) is 5.56 Å². The SMILES string of the molecule is Cc1cc(Cl)ccc1Sc1cccc(NC(=O)CN)c1. The molecular weight excluding hydrogens is 292 g/mol. The monoisotopic (exact) mass is 306 g/mol. The van der Waals surface area contributed by atoms with Crippen LogP contribution in [0, 0.1) is 6.92 Å². The minimum absolute atomic E-state index is 0.0202. The van der Waals surface area contributed by atoms with Crippen LogP contribution in [0.3, 0.4) is 0 Å². The van der Waals surface area contributed by atoms with Gasteiger partial charge < -0.3 is 11.1 Å². The molecule has 2 aromatic carbocycles. The Morgan fingerprint density at radius 1 is 1.30 bits per heavy atom. The lowest BCUT2D eigenvalue weighted by molar-refractivity contribution is -0.114. The van der Waals surface area contributed by atoms with Crippen molar-refractivity contribution in [3.05, 3.63) is 53.1 Å². The molecule has 0 bridgehead atoms. The van der Waals surface area contributed by atoms with Crippen molar-refractivity contribution in [3.63, 3.8) is 0 Å². The molecule has 0 saturated heterocycles. The fourth-order valence-electron chi connectivity index (χ4n) is 1.70. The first-order valence-corrected chi connectivity index (χ1v) is 7.32. The number of benzene rings is 2. The van der Waals surface area contributed by atoms with Crippen LogP contribution in [0.25, 0.3) is 0 Å². The van der Waals surface area contributed by atoms with E-state index in [0.29, 0.717) is 0 Å². The number of hydrogen-bond acceptors (Lipinski definition) is 3. The van der Waals surface area contributed by atoms with Crippen LogP contribution in [0.15, 0.2) is 52.3 Å². The zero-order chi connectivity index (χ0) is 14.5. The van der Waals surface area contributed by atoms with Crippen LogP contribution >= 0.6 is 23.4 Å². The Labute approximate surface area is 127 Å². The van der Waals surface area contributed by atoms with Gasteiger partial charge in [0.2, 0.25) is 5.91 Å². The number of halogens is 1. The molecule has 3 nitrogen and oxygen atoms in total. The highest BCUT2D eigenvalue weighted by atomic mass is 35.5. The molecule has 0 fully saturated rings. The van der Waals surface area contributed by atoms with E-state index < -0.39 is 0 Å². The Morgan fingerprint density at radius 2 is 2.10 bits per heavy atom. The summed E-state index contributed by atoms with van der Waals surface area (Å²) in [6.45, 7) is 2.00. The van der Waals surface area contributed by atoms with E-state index in [1.165, 1.54) is 0 Å². The molecule has 2 rings (SSSR count). The van der Waals surface area contributed by atoms with E-state index in [4.69, 9.17) is 17.3 Å². The summed E-state index contributed by atoms with van der Waals surface area (Å²) in [5, 5.41) is 3.48. The molecule has 2 aromatic rings. The average molecular weight is 307 g/mol. The van der Waals surface area contributed by atoms with Crippen molar-refractivity contribution in [2.24, 2.45) is 5.73 Å². The molecule has 0 saturated carbocycles. The molecule has 0 aliphatic carbocycles. The van der Waals surface area contributed by atoms with Crippen LogP contribution in [-0.4, -0.2) is 12.5 Å². The Hall–Kier alpha value is -1.49. The van der Waals surface area contributed by atoms with E-state index in [2.05, 4.69) is 5.32 Å². The predicted molar refractivity (Wildman–Crippen MR) is 84.4 cm³/mol. The van der Waals surface area contributed by atoms with E-state index in [-0.39, 0.29) is 12.5 Å². The van der Waals surface area contributed by atoms with Crippen LogP contribution in [0.2, 0.25) is 5.02 Å². The second kappa shape index (κ2) is 6.79. The summed E-state index contributed by atoms with van der Waals surface area (Å²) < 4.78 is 0. The molecule has 0 unspecified atom stereocenters. The van der Waals surface area contributed by atoms with Gasteiger partial charge in [-0.25, -0.2) is 0 Å². The van der Waals surface area contributed by atoms with Crippen molar-refractivity contribution in [1.82, 2.24) is 0 Å². The Bertz CT molecular complexity index is 631. The first-order valence-electron chi connectivity index (χ1n) is 6.12. The summed E-state index contributed by atoms with van der Waals surface area (Å²) in [5.41, 5.74) is 7.16. The van der Waals surface area contributed by atoms with Crippen LogP contribution in [-0.2, 0) is 4.79 Å². The van der Waals surface area contributed by atoms with Gasteiger partial charge in [0.1, 0.15) is 0 Å². The first-order chi connectivity index (χ1) is 9.58. The molecule has 0 aromatic heterocycles. The lowest BCUT2D eigenvalue weighted by atomic mass is 10.2. The second-order valence-corrected chi connectivity index (χ2v) is 5.84. The maximum absolute atomic E-state index is 11.3. The second-order valence-electron chi connectivity index (χ2n) is 4.29. The zero-order valence-electron chi connectivity index (χ0n) is 11.0. The standard InChI is InChI=1S/C15H15ClN2OS/c1-10-7-11(16)5-6-14(10)20-13-4-2-3-12(8-13)18-15(19)9-17/h2-8H,9,17H2,1H3,(H,18,19). The average Bonchev–Trinajstić information content (AvgIpc) is 2.42. The molecule has 0 aliphatic rings. The largest absolute Gasteiger partial charge is 0.325 e. The maximum atomic E-state index is 11.3. The number of nitrogens with one attached hydrogen (secondary N) is 1. The third-order valence-corrected chi connectivity index (χ3v) is 4.07. The van der Waals surface area contributed by atoms with Crippen LogP contribution in [0.4, 0.5) is 5.69 Å². The summed E-state index contributed by atoms with van der Waals surface area (Å²) >= 11 is 7.58. The molecule has 0 aliphatic heterocycles. The Balaban J connectivity index is 2.17. The number of rotatable bonds is 4. The number of hydrogen-bond donors (Lipinski definition) is 2. The molecule has 0 atom stereocenters. The van der Waals surface area contributed by atoms with Crippen molar-refractivity contribution in [2.75, 3.05) is 11.9 Å².